The van der Waals surface area contributed by atoms with Gasteiger partial charge in [0.05, 0.1) is 14.2 Å². The lowest BCUT2D eigenvalue weighted by molar-refractivity contribution is 0.0654. The third-order valence-electron chi connectivity index (χ3n) is 3.72. The van der Waals surface area contributed by atoms with Crippen LogP contribution in [-0.2, 0) is 0 Å². The van der Waals surface area contributed by atoms with Crippen LogP contribution in [-0.4, -0.2) is 50.7 Å². The highest BCUT2D eigenvalue weighted by atomic mass is 35.5. The third-order valence-corrected chi connectivity index (χ3v) is 3.72. The van der Waals surface area contributed by atoms with Gasteiger partial charge in [0.15, 0.2) is 11.5 Å². The number of nitrogens with one attached hydrogen (secondary N) is 1. The van der Waals surface area contributed by atoms with Gasteiger partial charge in [-0.3, -0.25) is 4.79 Å². The minimum absolute atomic E-state index is 0. The van der Waals surface area contributed by atoms with Crippen LogP contribution in [0.15, 0.2) is 12.1 Å². The van der Waals surface area contributed by atoms with Gasteiger partial charge in [0.1, 0.15) is 0 Å². The van der Waals surface area contributed by atoms with Gasteiger partial charge in [-0.2, -0.15) is 0 Å². The van der Waals surface area contributed by atoms with E-state index in [4.69, 9.17) is 9.47 Å². The van der Waals surface area contributed by atoms with Crippen molar-refractivity contribution in [2.45, 2.75) is 19.9 Å². The SMILES string of the molecule is COc1cc(C)c(C(=O)N2CCNCC2C)cc1OC.Cl. The van der Waals surface area contributed by atoms with E-state index in [9.17, 15) is 4.79 Å². The topological polar surface area (TPSA) is 50.8 Å². The summed E-state index contributed by atoms with van der Waals surface area (Å²) >= 11 is 0. The van der Waals surface area contributed by atoms with E-state index in [0.29, 0.717) is 17.1 Å². The molecule has 1 aliphatic rings. The Balaban J connectivity index is 0.00000220. The summed E-state index contributed by atoms with van der Waals surface area (Å²) in [4.78, 5) is 14.6. The summed E-state index contributed by atoms with van der Waals surface area (Å²) in [6.07, 6.45) is 0. The molecule has 1 saturated heterocycles. The molecule has 1 fully saturated rings. The Labute approximate surface area is 132 Å². The van der Waals surface area contributed by atoms with Crippen LogP contribution in [0.25, 0.3) is 0 Å². The number of benzene rings is 1. The Kier molecular flexibility index (Phi) is 6.30. The fourth-order valence-electron chi connectivity index (χ4n) is 2.51. The normalized spacial score (nSPS) is 17.9. The summed E-state index contributed by atoms with van der Waals surface area (Å²) in [5.41, 5.74) is 1.58. The van der Waals surface area contributed by atoms with E-state index in [-0.39, 0.29) is 24.4 Å². The molecular weight excluding hydrogens is 292 g/mol. The first kappa shape index (κ1) is 17.6. The first-order chi connectivity index (χ1) is 9.58. The molecule has 1 aromatic carbocycles. The molecule has 1 aromatic rings. The maximum atomic E-state index is 12.7. The Morgan fingerprint density at radius 3 is 2.48 bits per heavy atom. The molecule has 0 radical (unpaired) electrons. The number of hydrogen-bond acceptors (Lipinski definition) is 4. The highest BCUT2D eigenvalue weighted by Crippen LogP contribution is 2.31. The lowest BCUT2D eigenvalue weighted by Crippen LogP contribution is -2.52. The van der Waals surface area contributed by atoms with Gasteiger partial charge in [-0.15, -0.1) is 12.4 Å². The summed E-state index contributed by atoms with van der Waals surface area (Å²) in [7, 11) is 3.17. The Morgan fingerprint density at radius 1 is 1.29 bits per heavy atom. The summed E-state index contributed by atoms with van der Waals surface area (Å²) < 4.78 is 10.5. The van der Waals surface area contributed by atoms with Crippen molar-refractivity contribution < 1.29 is 14.3 Å². The second-order valence-electron chi connectivity index (χ2n) is 5.07. The van der Waals surface area contributed by atoms with Crippen molar-refractivity contribution >= 4 is 18.3 Å². The molecule has 6 heteroatoms. The molecular formula is C15H23ClN2O3. The molecule has 0 bridgehead atoms. The van der Waals surface area contributed by atoms with Gasteiger partial charge in [0, 0.05) is 31.2 Å². The number of ether oxygens (including phenoxy) is 2. The Hall–Kier alpha value is -1.46. The zero-order chi connectivity index (χ0) is 14.7. The zero-order valence-corrected chi connectivity index (χ0v) is 13.8. The fraction of sp³-hybridized carbons (Fsp3) is 0.533. The Bertz CT molecular complexity index is 508. The molecule has 0 aliphatic carbocycles. The van der Waals surface area contributed by atoms with E-state index in [1.165, 1.54) is 0 Å². The predicted octanol–water partition coefficient (Wildman–Crippen LogP) is 1.87. The maximum Gasteiger partial charge on any atom is 0.254 e. The van der Waals surface area contributed by atoms with E-state index >= 15 is 0 Å². The van der Waals surface area contributed by atoms with E-state index in [2.05, 4.69) is 12.2 Å². The summed E-state index contributed by atoms with van der Waals surface area (Å²) in [6, 6.07) is 3.81. The second-order valence-corrected chi connectivity index (χ2v) is 5.07. The molecule has 5 nitrogen and oxygen atoms in total. The van der Waals surface area contributed by atoms with Gasteiger partial charge >= 0.3 is 0 Å². The summed E-state index contributed by atoms with van der Waals surface area (Å²) in [5.74, 6) is 1.29. The van der Waals surface area contributed by atoms with Gasteiger partial charge in [0.2, 0.25) is 0 Å². The van der Waals surface area contributed by atoms with E-state index < -0.39 is 0 Å². The van der Waals surface area contributed by atoms with Crippen molar-refractivity contribution in [2.24, 2.45) is 0 Å². The molecule has 0 aromatic heterocycles. The lowest BCUT2D eigenvalue weighted by Gasteiger charge is -2.34. The largest absolute Gasteiger partial charge is 0.493 e. The molecule has 118 valence electrons. The average molecular weight is 315 g/mol. The number of hydrogen-bond donors (Lipinski definition) is 1. The average Bonchev–Trinajstić information content (AvgIpc) is 2.46. The highest BCUT2D eigenvalue weighted by Gasteiger charge is 2.26. The quantitative estimate of drug-likeness (QED) is 0.925. The van der Waals surface area contributed by atoms with Crippen molar-refractivity contribution in [2.75, 3.05) is 33.9 Å². The van der Waals surface area contributed by atoms with Gasteiger partial charge in [-0.25, -0.2) is 0 Å². The van der Waals surface area contributed by atoms with Crippen LogP contribution < -0.4 is 14.8 Å². The van der Waals surface area contributed by atoms with Crippen molar-refractivity contribution in [1.29, 1.82) is 0 Å². The minimum Gasteiger partial charge on any atom is -0.493 e. The van der Waals surface area contributed by atoms with Crippen LogP contribution in [0.4, 0.5) is 0 Å². The van der Waals surface area contributed by atoms with Gasteiger partial charge < -0.3 is 19.7 Å². The van der Waals surface area contributed by atoms with Crippen molar-refractivity contribution in [3.05, 3.63) is 23.3 Å². The van der Waals surface area contributed by atoms with Gasteiger partial charge in [-0.1, -0.05) is 0 Å². The molecule has 1 heterocycles. The van der Waals surface area contributed by atoms with Crippen LogP contribution in [0.5, 0.6) is 11.5 Å². The molecule has 1 N–H and O–H groups in total. The third kappa shape index (κ3) is 3.60. The minimum atomic E-state index is 0. The molecule has 2 rings (SSSR count). The summed E-state index contributed by atoms with van der Waals surface area (Å²) in [5, 5.41) is 3.29. The van der Waals surface area contributed by atoms with Crippen LogP contribution in [0.3, 0.4) is 0 Å². The molecule has 1 atom stereocenters. The van der Waals surface area contributed by atoms with Crippen molar-refractivity contribution in [3.63, 3.8) is 0 Å². The van der Waals surface area contributed by atoms with Crippen LogP contribution in [0.1, 0.15) is 22.8 Å². The Morgan fingerprint density at radius 2 is 1.90 bits per heavy atom. The fourth-order valence-corrected chi connectivity index (χ4v) is 2.51. The number of halogens is 1. The number of aryl methyl sites for hydroxylation is 1. The first-order valence-electron chi connectivity index (χ1n) is 6.82. The number of piperazine rings is 1. The maximum absolute atomic E-state index is 12.7. The number of amides is 1. The highest BCUT2D eigenvalue weighted by molar-refractivity contribution is 5.96. The number of nitrogens with zero attached hydrogens (tertiary/aromatic N) is 1. The standard InChI is InChI=1S/C15H22N2O3.ClH/c1-10-7-13(19-3)14(20-4)8-12(10)15(18)17-6-5-16-9-11(17)2;/h7-8,11,16H,5-6,9H2,1-4H3;1H. The van der Waals surface area contributed by atoms with Crippen molar-refractivity contribution in [1.82, 2.24) is 10.2 Å². The molecule has 0 spiro atoms. The van der Waals surface area contributed by atoms with Gasteiger partial charge in [-0.05, 0) is 31.5 Å². The van der Waals surface area contributed by atoms with Gasteiger partial charge in [0.25, 0.3) is 5.91 Å². The number of carbonyl (C=O) groups is 1. The van der Waals surface area contributed by atoms with Crippen LogP contribution in [0, 0.1) is 6.92 Å². The first-order valence-corrected chi connectivity index (χ1v) is 6.82. The van der Waals surface area contributed by atoms with Crippen LogP contribution >= 0.6 is 12.4 Å². The number of methoxy groups -OCH3 is 2. The molecule has 1 unspecified atom stereocenters. The molecule has 0 saturated carbocycles. The molecule has 1 amide bonds. The zero-order valence-electron chi connectivity index (χ0n) is 12.9. The summed E-state index contributed by atoms with van der Waals surface area (Å²) in [6.45, 7) is 6.37. The monoisotopic (exact) mass is 314 g/mol. The van der Waals surface area contributed by atoms with E-state index in [1.807, 2.05) is 17.9 Å². The number of carbonyl (C=O) groups excluding carboxylic acids is 1. The molecule has 1 aliphatic heterocycles. The number of rotatable bonds is 3. The predicted molar refractivity (Wildman–Crippen MR) is 84.9 cm³/mol. The smallest absolute Gasteiger partial charge is 0.254 e. The van der Waals surface area contributed by atoms with E-state index in [1.54, 1.807) is 20.3 Å². The molecule has 21 heavy (non-hydrogen) atoms. The van der Waals surface area contributed by atoms with E-state index in [0.717, 1.165) is 25.2 Å². The second kappa shape index (κ2) is 7.52. The van der Waals surface area contributed by atoms with Crippen molar-refractivity contribution in [3.8, 4) is 11.5 Å². The lowest BCUT2D eigenvalue weighted by atomic mass is 10.0. The van der Waals surface area contributed by atoms with Crippen LogP contribution in [0.2, 0.25) is 0 Å².